The first-order chi connectivity index (χ1) is 8.36. The smallest absolute Gasteiger partial charge is 0.327 e. The first-order valence-electron chi connectivity index (χ1n) is 4.40. The number of hydrogen-bond donors (Lipinski definition) is 1. The Morgan fingerprint density at radius 1 is 1.39 bits per heavy atom. The number of aliphatic carboxylic acids is 1. The van der Waals surface area contributed by atoms with Crippen molar-refractivity contribution in [1.29, 1.82) is 0 Å². The first kappa shape index (κ1) is 12.5. The van der Waals surface area contributed by atoms with E-state index in [1.54, 1.807) is 0 Å². The third-order valence-corrected chi connectivity index (χ3v) is 4.23. The standard InChI is InChI=1S/C6H6N6O4S2/c1-18(15,16)6-9-8-5(17-6)4-7-11-12(10-4)2-3(13)14/h2H2,1H3,(H,13,14). The largest absolute Gasteiger partial charge is 0.480 e. The van der Waals surface area contributed by atoms with E-state index in [1.165, 1.54) is 0 Å². The Kier molecular flexibility index (Phi) is 3.04. The van der Waals surface area contributed by atoms with Crippen LogP contribution in [0.25, 0.3) is 10.8 Å². The lowest BCUT2D eigenvalue weighted by Gasteiger charge is -1.89. The highest BCUT2D eigenvalue weighted by molar-refractivity contribution is 7.92. The summed E-state index contributed by atoms with van der Waals surface area (Å²) in [6, 6.07) is 0. The van der Waals surface area contributed by atoms with Crippen molar-refractivity contribution in [3.63, 3.8) is 0 Å². The summed E-state index contributed by atoms with van der Waals surface area (Å²) in [7, 11) is -3.43. The van der Waals surface area contributed by atoms with Crippen molar-refractivity contribution in [3.8, 4) is 10.8 Å². The minimum Gasteiger partial charge on any atom is -0.480 e. The van der Waals surface area contributed by atoms with Gasteiger partial charge in [0.15, 0.2) is 11.6 Å². The van der Waals surface area contributed by atoms with Crippen molar-refractivity contribution in [1.82, 2.24) is 30.4 Å². The summed E-state index contributed by atoms with van der Waals surface area (Å²) >= 11 is 0.789. The van der Waals surface area contributed by atoms with E-state index in [-0.39, 0.29) is 15.2 Å². The molecule has 2 heterocycles. The van der Waals surface area contributed by atoms with Crippen molar-refractivity contribution < 1.29 is 18.3 Å². The molecular formula is C6H6N6O4S2. The molecule has 0 atom stereocenters. The summed E-state index contributed by atoms with van der Waals surface area (Å²) in [5.74, 6) is -1.09. The maximum Gasteiger partial charge on any atom is 0.327 e. The average Bonchev–Trinajstić information content (AvgIpc) is 2.81. The summed E-state index contributed by atoms with van der Waals surface area (Å²) in [4.78, 5) is 11.3. The van der Waals surface area contributed by atoms with Crippen LogP contribution >= 0.6 is 11.3 Å². The van der Waals surface area contributed by atoms with Crippen LogP contribution in [0.5, 0.6) is 0 Å². The minimum atomic E-state index is -3.43. The molecule has 0 aliphatic carbocycles. The van der Waals surface area contributed by atoms with E-state index in [2.05, 4.69) is 25.6 Å². The van der Waals surface area contributed by atoms with Gasteiger partial charge in [-0.15, -0.1) is 20.4 Å². The zero-order valence-corrected chi connectivity index (χ0v) is 10.5. The van der Waals surface area contributed by atoms with Gasteiger partial charge < -0.3 is 5.11 Å². The number of carboxylic acids is 1. The molecule has 0 saturated carbocycles. The molecule has 2 aromatic heterocycles. The van der Waals surface area contributed by atoms with Crippen LogP contribution < -0.4 is 0 Å². The lowest BCUT2D eigenvalue weighted by molar-refractivity contribution is -0.138. The Morgan fingerprint density at radius 3 is 2.67 bits per heavy atom. The number of rotatable bonds is 4. The number of carboxylic acid groups (broad SMARTS) is 1. The summed E-state index contributed by atoms with van der Waals surface area (Å²) in [6.45, 7) is -0.440. The fourth-order valence-corrected chi connectivity index (χ4v) is 2.50. The number of hydrogen-bond acceptors (Lipinski definition) is 9. The maximum atomic E-state index is 11.2. The molecule has 18 heavy (non-hydrogen) atoms. The molecule has 1 N–H and O–H groups in total. The lowest BCUT2D eigenvalue weighted by atomic mass is 10.7. The molecular weight excluding hydrogens is 284 g/mol. The summed E-state index contributed by atoms with van der Waals surface area (Å²) in [5, 5.41) is 26.6. The number of nitrogens with zero attached hydrogens (tertiary/aromatic N) is 6. The van der Waals surface area contributed by atoms with Gasteiger partial charge in [0, 0.05) is 6.26 Å². The Morgan fingerprint density at radius 2 is 2.11 bits per heavy atom. The Hall–Kier alpha value is -1.95. The summed E-state index contributed by atoms with van der Waals surface area (Å²) < 4.78 is 22.2. The monoisotopic (exact) mass is 290 g/mol. The second-order valence-corrected chi connectivity index (χ2v) is 6.35. The average molecular weight is 290 g/mol. The van der Waals surface area contributed by atoms with Crippen LogP contribution in [0.3, 0.4) is 0 Å². The van der Waals surface area contributed by atoms with Crippen molar-refractivity contribution in [2.24, 2.45) is 0 Å². The van der Waals surface area contributed by atoms with Crippen LogP contribution in [-0.4, -0.2) is 56.2 Å². The fraction of sp³-hybridized carbons (Fsp3) is 0.333. The van der Waals surface area contributed by atoms with E-state index in [1.807, 2.05) is 0 Å². The second-order valence-electron chi connectivity index (χ2n) is 3.18. The van der Waals surface area contributed by atoms with Gasteiger partial charge in [-0.3, -0.25) is 4.79 Å². The minimum absolute atomic E-state index is 0.0312. The Bertz CT molecular complexity index is 689. The maximum absolute atomic E-state index is 11.2. The molecule has 0 aliphatic heterocycles. The van der Waals surface area contributed by atoms with E-state index < -0.39 is 22.4 Å². The van der Waals surface area contributed by atoms with Crippen LogP contribution in [-0.2, 0) is 21.2 Å². The zero-order valence-electron chi connectivity index (χ0n) is 8.88. The number of sulfone groups is 1. The van der Waals surface area contributed by atoms with Crippen molar-refractivity contribution in [2.45, 2.75) is 10.9 Å². The number of carbonyl (C=O) groups is 1. The molecule has 0 saturated heterocycles. The predicted molar refractivity (Wildman–Crippen MR) is 57.5 cm³/mol. The van der Waals surface area contributed by atoms with Gasteiger partial charge >= 0.3 is 5.97 Å². The van der Waals surface area contributed by atoms with Crippen LogP contribution in [0.1, 0.15) is 0 Å². The summed E-state index contributed by atoms with van der Waals surface area (Å²) in [6.07, 6.45) is 1.01. The van der Waals surface area contributed by atoms with Gasteiger partial charge in [0.2, 0.25) is 20.0 Å². The molecule has 96 valence electrons. The summed E-state index contributed by atoms with van der Waals surface area (Å²) in [5.41, 5.74) is 0. The second kappa shape index (κ2) is 4.38. The normalized spacial score (nSPS) is 11.6. The molecule has 2 aromatic rings. The quantitative estimate of drug-likeness (QED) is 0.725. The number of aromatic nitrogens is 6. The molecule has 0 spiro atoms. The van der Waals surface area contributed by atoms with Gasteiger partial charge in [0.1, 0.15) is 0 Å². The molecule has 0 aliphatic rings. The molecule has 0 fully saturated rings. The van der Waals surface area contributed by atoms with Crippen molar-refractivity contribution in [3.05, 3.63) is 0 Å². The highest BCUT2D eigenvalue weighted by atomic mass is 32.2. The molecule has 0 unspecified atom stereocenters. The van der Waals surface area contributed by atoms with Gasteiger partial charge in [-0.05, 0) is 5.21 Å². The van der Waals surface area contributed by atoms with Crippen LogP contribution in [0.4, 0.5) is 0 Å². The van der Waals surface area contributed by atoms with E-state index in [9.17, 15) is 13.2 Å². The van der Waals surface area contributed by atoms with Gasteiger partial charge in [-0.1, -0.05) is 11.3 Å². The topological polar surface area (TPSA) is 141 Å². The molecule has 0 aromatic carbocycles. The lowest BCUT2D eigenvalue weighted by Crippen LogP contribution is -2.11. The molecule has 2 rings (SSSR count). The molecule has 0 bridgehead atoms. The highest BCUT2D eigenvalue weighted by Crippen LogP contribution is 2.22. The Labute approximate surface area is 104 Å². The molecule has 12 heteroatoms. The van der Waals surface area contributed by atoms with E-state index in [0.29, 0.717) is 0 Å². The van der Waals surface area contributed by atoms with Crippen molar-refractivity contribution in [2.75, 3.05) is 6.26 Å². The zero-order chi connectivity index (χ0) is 13.3. The van der Waals surface area contributed by atoms with Gasteiger partial charge in [-0.25, -0.2) is 8.42 Å². The number of tetrazole rings is 1. The SMILES string of the molecule is CS(=O)(=O)c1nnc(-c2nnn(CC(=O)O)n2)s1. The first-order valence-corrected chi connectivity index (χ1v) is 7.10. The van der Waals surface area contributed by atoms with E-state index in [4.69, 9.17) is 5.11 Å². The predicted octanol–water partition coefficient (Wildman–Crippen LogP) is -1.32. The van der Waals surface area contributed by atoms with Crippen LogP contribution in [0.15, 0.2) is 4.34 Å². The van der Waals surface area contributed by atoms with E-state index >= 15 is 0 Å². The van der Waals surface area contributed by atoms with Gasteiger partial charge in [0.05, 0.1) is 0 Å². The molecule has 0 radical (unpaired) electrons. The van der Waals surface area contributed by atoms with Crippen LogP contribution in [0, 0.1) is 0 Å². The van der Waals surface area contributed by atoms with Gasteiger partial charge in [-0.2, -0.15) is 4.80 Å². The fourth-order valence-electron chi connectivity index (χ4n) is 0.967. The highest BCUT2D eigenvalue weighted by Gasteiger charge is 2.18. The van der Waals surface area contributed by atoms with Gasteiger partial charge in [0.25, 0.3) is 0 Å². The molecule has 0 amide bonds. The third kappa shape index (κ3) is 2.65. The molecule has 10 nitrogen and oxygen atoms in total. The Balaban J connectivity index is 2.29. The van der Waals surface area contributed by atoms with E-state index in [0.717, 1.165) is 22.4 Å². The van der Waals surface area contributed by atoms with Crippen LogP contribution in [0.2, 0.25) is 0 Å². The van der Waals surface area contributed by atoms with Crippen molar-refractivity contribution >= 4 is 27.1 Å². The third-order valence-electron chi connectivity index (χ3n) is 1.64.